The summed E-state index contributed by atoms with van der Waals surface area (Å²) in [6.45, 7) is 8.19. The van der Waals surface area contributed by atoms with Crippen molar-refractivity contribution >= 4 is 21.7 Å². The third-order valence-electron chi connectivity index (χ3n) is 5.79. The molecule has 2 aromatic heterocycles. The van der Waals surface area contributed by atoms with Crippen LogP contribution >= 0.6 is 0 Å². The number of fused-ring (bicyclic) bond motifs is 1. The van der Waals surface area contributed by atoms with E-state index in [1.807, 2.05) is 51.2 Å². The molecule has 4 aromatic rings. The molecule has 2 amide bonds. The van der Waals surface area contributed by atoms with Gasteiger partial charge in [-0.15, -0.1) is 0 Å². The van der Waals surface area contributed by atoms with Crippen molar-refractivity contribution in [1.29, 1.82) is 0 Å². The fraction of sp³-hybridized carbons (Fsp3) is 0.269. The molecule has 8 nitrogen and oxygen atoms in total. The molecule has 0 aliphatic heterocycles. The smallest absolute Gasteiger partial charge is 0.328 e. The van der Waals surface area contributed by atoms with E-state index in [-0.39, 0.29) is 4.90 Å². The first-order valence-corrected chi connectivity index (χ1v) is 13.0. The lowest BCUT2D eigenvalue weighted by Gasteiger charge is -2.10. The standard InChI is InChI=1S/C26H29N5O3S/c1-5-23-24(31-16-18(3)28-19(4)25(31)29-23)21-10-8-20(9-11-21)14-15-27-26(32)30-35(33,34)22-12-6-17(2)7-13-22/h6-13,16H,5,14-15H2,1-4H3,(H2,27,30,32). The average molecular weight is 492 g/mol. The Hall–Kier alpha value is -3.72. The maximum atomic E-state index is 12.3. The zero-order valence-corrected chi connectivity index (χ0v) is 21.1. The third kappa shape index (κ3) is 5.35. The van der Waals surface area contributed by atoms with Crippen molar-refractivity contribution in [2.24, 2.45) is 0 Å². The van der Waals surface area contributed by atoms with Crippen molar-refractivity contribution in [2.45, 2.75) is 45.4 Å². The summed E-state index contributed by atoms with van der Waals surface area (Å²) < 4.78 is 28.8. The topological polar surface area (TPSA) is 105 Å². The quantitative estimate of drug-likeness (QED) is 0.405. The number of hydrogen-bond donors (Lipinski definition) is 2. The van der Waals surface area contributed by atoms with Crippen molar-refractivity contribution < 1.29 is 13.2 Å². The second-order valence-electron chi connectivity index (χ2n) is 8.54. The Bertz CT molecular complexity index is 1470. The molecule has 35 heavy (non-hydrogen) atoms. The minimum atomic E-state index is -3.91. The molecule has 0 radical (unpaired) electrons. The number of aromatic nitrogens is 3. The number of aryl methyl sites for hydroxylation is 4. The highest BCUT2D eigenvalue weighted by molar-refractivity contribution is 7.90. The fourth-order valence-electron chi connectivity index (χ4n) is 4.03. The summed E-state index contributed by atoms with van der Waals surface area (Å²) in [6, 6.07) is 13.7. The lowest BCUT2D eigenvalue weighted by molar-refractivity contribution is 0.246. The second kappa shape index (κ2) is 9.87. The number of nitrogens with one attached hydrogen (secondary N) is 2. The predicted molar refractivity (Wildman–Crippen MR) is 136 cm³/mol. The maximum absolute atomic E-state index is 12.3. The van der Waals surface area contributed by atoms with Crippen LogP contribution in [-0.2, 0) is 22.9 Å². The molecule has 0 unspecified atom stereocenters. The van der Waals surface area contributed by atoms with Gasteiger partial charge in [0, 0.05) is 18.3 Å². The molecule has 4 rings (SSSR count). The molecule has 0 atom stereocenters. The Balaban J connectivity index is 1.41. The van der Waals surface area contributed by atoms with Crippen LogP contribution in [0.4, 0.5) is 4.79 Å². The number of carbonyl (C=O) groups excluding carboxylic acids is 1. The van der Waals surface area contributed by atoms with Gasteiger partial charge in [0.05, 0.1) is 27.7 Å². The van der Waals surface area contributed by atoms with E-state index < -0.39 is 16.1 Å². The summed E-state index contributed by atoms with van der Waals surface area (Å²) >= 11 is 0. The number of rotatable bonds is 7. The van der Waals surface area contributed by atoms with Crippen LogP contribution in [0.2, 0.25) is 0 Å². The molecule has 0 fully saturated rings. The van der Waals surface area contributed by atoms with Crippen molar-refractivity contribution in [1.82, 2.24) is 24.4 Å². The molecule has 0 aliphatic carbocycles. The summed E-state index contributed by atoms with van der Waals surface area (Å²) in [5.41, 5.74) is 7.78. The van der Waals surface area contributed by atoms with E-state index in [1.54, 1.807) is 12.1 Å². The van der Waals surface area contributed by atoms with Gasteiger partial charge in [0.25, 0.3) is 10.0 Å². The number of amides is 2. The van der Waals surface area contributed by atoms with Gasteiger partial charge in [0.15, 0.2) is 5.65 Å². The van der Waals surface area contributed by atoms with E-state index in [9.17, 15) is 13.2 Å². The molecule has 0 aliphatic rings. The van der Waals surface area contributed by atoms with Gasteiger partial charge in [0.2, 0.25) is 0 Å². The third-order valence-corrected chi connectivity index (χ3v) is 7.13. The maximum Gasteiger partial charge on any atom is 0.328 e. The highest BCUT2D eigenvalue weighted by atomic mass is 32.2. The van der Waals surface area contributed by atoms with Crippen LogP contribution in [-0.4, -0.2) is 35.4 Å². The number of hydrogen-bond acceptors (Lipinski definition) is 5. The first-order valence-electron chi connectivity index (χ1n) is 11.5. The highest BCUT2D eigenvalue weighted by Crippen LogP contribution is 2.27. The fourth-order valence-corrected chi connectivity index (χ4v) is 4.96. The molecule has 2 heterocycles. The molecule has 0 saturated carbocycles. The normalized spacial score (nSPS) is 11.5. The second-order valence-corrected chi connectivity index (χ2v) is 10.2. The Labute approximate surface area is 205 Å². The largest absolute Gasteiger partial charge is 0.337 e. The van der Waals surface area contributed by atoms with E-state index >= 15 is 0 Å². The van der Waals surface area contributed by atoms with Gasteiger partial charge in [-0.2, -0.15) is 0 Å². The molecule has 2 aromatic carbocycles. The van der Waals surface area contributed by atoms with Crippen LogP contribution in [0.15, 0.2) is 59.6 Å². The van der Waals surface area contributed by atoms with Gasteiger partial charge in [-0.3, -0.25) is 9.38 Å². The van der Waals surface area contributed by atoms with E-state index in [2.05, 4.69) is 26.3 Å². The van der Waals surface area contributed by atoms with Crippen LogP contribution in [0.25, 0.3) is 16.9 Å². The molecule has 2 N–H and O–H groups in total. The van der Waals surface area contributed by atoms with Crippen LogP contribution in [0.1, 0.15) is 35.1 Å². The van der Waals surface area contributed by atoms with Crippen molar-refractivity contribution in [2.75, 3.05) is 6.54 Å². The van der Waals surface area contributed by atoms with Crippen LogP contribution in [0.3, 0.4) is 0 Å². The number of benzene rings is 2. The highest BCUT2D eigenvalue weighted by Gasteiger charge is 2.17. The van der Waals surface area contributed by atoms with Gasteiger partial charge >= 0.3 is 6.03 Å². The van der Waals surface area contributed by atoms with Crippen molar-refractivity contribution in [3.63, 3.8) is 0 Å². The number of nitrogens with zero attached hydrogens (tertiary/aromatic N) is 3. The van der Waals surface area contributed by atoms with Gasteiger partial charge in [-0.1, -0.05) is 48.9 Å². The first kappa shape index (κ1) is 24.4. The first-order chi connectivity index (χ1) is 16.7. The summed E-state index contributed by atoms with van der Waals surface area (Å²) in [5, 5.41) is 2.62. The van der Waals surface area contributed by atoms with E-state index in [0.29, 0.717) is 13.0 Å². The van der Waals surface area contributed by atoms with Gasteiger partial charge in [-0.05, 0) is 51.3 Å². The van der Waals surface area contributed by atoms with Gasteiger partial charge < -0.3 is 5.32 Å². The number of carbonyl (C=O) groups is 1. The van der Waals surface area contributed by atoms with Crippen LogP contribution in [0, 0.1) is 20.8 Å². The summed E-state index contributed by atoms with van der Waals surface area (Å²) in [7, 11) is -3.91. The monoisotopic (exact) mass is 491 g/mol. The molecule has 9 heteroatoms. The molecular weight excluding hydrogens is 462 g/mol. The number of imidazole rings is 1. The van der Waals surface area contributed by atoms with E-state index in [0.717, 1.165) is 51.5 Å². The van der Waals surface area contributed by atoms with Crippen LogP contribution < -0.4 is 10.0 Å². The molecule has 0 bridgehead atoms. The Morgan fingerprint density at radius 1 is 0.971 bits per heavy atom. The summed E-state index contributed by atoms with van der Waals surface area (Å²) in [6.07, 6.45) is 3.38. The minimum Gasteiger partial charge on any atom is -0.337 e. The SMILES string of the molecule is CCc1nc2c(C)nc(C)cn2c1-c1ccc(CCNC(=O)NS(=O)(=O)c2ccc(C)cc2)cc1. The lowest BCUT2D eigenvalue weighted by Crippen LogP contribution is -2.40. The minimum absolute atomic E-state index is 0.0499. The average Bonchev–Trinajstić information content (AvgIpc) is 3.18. The molecule has 0 spiro atoms. The molecule has 182 valence electrons. The lowest BCUT2D eigenvalue weighted by atomic mass is 10.0. The molecule has 0 saturated heterocycles. The zero-order valence-electron chi connectivity index (χ0n) is 20.3. The summed E-state index contributed by atoms with van der Waals surface area (Å²) in [4.78, 5) is 21.5. The van der Waals surface area contributed by atoms with Gasteiger partial charge in [-0.25, -0.2) is 22.9 Å². The number of urea groups is 1. The Kier molecular flexibility index (Phi) is 6.88. The number of sulfonamides is 1. The summed E-state index contributed by atoms with van der Waals surface area (Å²) in [5.74, 6) is 0. The zero-order chi connectivity index (χ0) is 25.2. The van der Waals surface area contributed by atoms with E-state index in [4.69, 9.17) is 4.98 Å². The predicted octanol–water partition coefficient (Wildman–Crippen LogP) is 4.11. The van der Waals surface area contributed by atoms with Crippen molar-refractivity contribution in [3.05, 3.63) is 82.9 Å². The Morgan fingerprint density at radius 2 is 1.66 bits per heavy atom. The van der Waals surface area contributed by atoms with E-state index in [1.165, 1.54) is 12.1 Å². The van der Waals surface area contributed by atoms with Crippen molar-refractivity contribution in [3.8, 4) is 11.3 Å². The molecular formula is C26H29N5O3S. The van der Waals surface area contributed by atoms with Crippen LogP contribution in [0.5, 0.6) is 0 Å². The van der Waals surface area contributed by atoms with Gasteiger partial charge in [0.1, 0.15) is 0 Å². The Morgan fingerprint density at radius 3 is 2.31 bits per heavy atom.